The van der Waals surface area contributed by atoms with E-state index in [2.05, 4.69) is 26.7 Å². The summed E-state index contributed by atoms with van der Waals surface area (Å²) in [5.41, 5.74) is 16.1. The molecule has 0 amide bonds. The summed E-state index contributed by atoms with van der Waals surface area (Å²) < 4.78 is 31.1. The monoisotopic (exact) mass is 658 g/mol. The minimum Gasteiger partial charge on any atom is -0.370 e. The summed E-state index contributed by atoms with van der Waals surface area (Å²) >= 11 is 0. The van der Waals surface area contributed by atoms with Crippen LogP contribution in [0.5, 0.6) is 0 Å². The summed E-state index contributed by atoms with van der Waals surface area (Å²) in [5, 5.41) is 6.73. The largest absolute Gasteiger partial charge is 0.370 e. The highest BCUT2D eigenvalue weighted by atomic mass is 32.2. The molecule has 6 rings (SSSR count). The van der Waals surface area contributed by atoms with Gasteiger partial charge in [-0.15, -0.1) is 0 Å². The topological polar surface area (TPSA) is 161 Å². The summed E-state index contributed by atoms with van der Waals surface area (Å²) in [4.78, 5) is 21.9. The van der Waals surface area contributed by atoms with E-state index in [-0.39, 0.29) is 17.7 Å². The van der Waals surface area contributed by atoms with Gasteiger partial charge in [-0.3, -0.25) is 9.56 Å². The number of aryl methyl sites for hydroxylation is 1. The minimum absolute atomic E-state index is 0.0495. The minimum atomic E-state index is -3.59. The molecule has 1 saturated heterocycles. The van der Waals surface area contributed by atoms with Crippen molar-refractivity contribution >= 4 is 27.6 Å². The first-order valence-corrected chi connectivity index (χ1v) is 18.2. The second-order valence-electron chi connectivity index (χ2n) is 12.8. The van der Waals surface area contributed by atoms with Crippen LogP contribution >= 0.6 is 0 Å². The van der Waals surface area contributed by atoms with Gasteiger partial charge >= 0.3 is 5.69 Å². The standard InChI is InChI=1S/C35H46N8O3S/c36-34(37)40-18-2-17-39-22-25-7-11-30(12-8-25)42-24-29-21-28(3-1-4-33(29)41-35(42)44)27-9-13-32(14-10-27)47(45,46)43(23-26-5-6-26)31-15-19-38-20-16-31/h7-14,21,24,26,31,38-39H,1-6,15-20,22-23H2,(H4,36,37,40). The Kier molecular flexibility index (Phi) is 10.5. The predicted octanol–water partition coefficient (Wildman–Crippen LogP) is 3.02. The number of sulfonamides is 1. The molecule has 250 valence electrons. The number of aromatic nitrogens is 2. The van der Waals surface area contributed by atoms with Gasteiger partial charge in [-0.05, 0) is 124 Å². The van der Waals surface area contributed by atoms with Crippen molar-refractivity contribution in [3.63, 3.8) is 0 Å². The van der Waals surface area contributed by atoms with E-state index in [1.807, 2.05) is 42.6 Å². The second-order valence-corrected chi connectivity index (χ2v) is 14.7. The summed E-state index contributed by atoms with van der Waals surface area (Å²) in [6, 6.07) is 15.3. The highest BCUT2D eigenvalue weighted by molar-refractivity contribution is 7.89. The average molecular weight is 659 g/mol. The molecule has 0 atom stereocenters. The van der Waals surface area contributed by atoms with E-state index in [0.29, 0.717) is 36.9 Å². The van der Waals surface area contributed by atoms with Gasteiger partial charge in [0.05, 0.1) is 16.3 Å². The van der Waals surface area contributed by atoms with E-state index in [1.165, 1.54) is 0 Å². The van der Waals surface area contributed by atoms with E-state index < -0.39 is 10.0 Å². The van der Waals surface area contributed by atoms with Crippen LogP contribution in [0.3, 0.4) is 0 Å². The Balaban J connectivity index is 1.17. The van der Waals surface area contributed by atoms with Crippen molar-refractivity contribution in [1.29, 1.82) is 0 Å². The first-order valence-electron chi connectivity index (χ1n) is 16.8. The molecule has 3 aromatic rings. The number of rotatable bonds is 13. The van der Waals surface area contributed by atoms with Gasteiger partial charge in [-0.2, -0.15) is 9.29 Å². The number of allylic oxidation sites excluding steroid dienone is 1. The zero-order valence-electron chi connectivity index (χ0n) is 26.9. The van der Waals surface area contributed by atoms with E-state index in [0.717, 1.165) is 98.2 Å². The maximum absolute atomic E-state index is 13.9. The Morgan fingerprint density at radius 2 is 1.77 bits per heavy atom. The maximum atomic E-state index is 13.9. The summed E-state index contributed by atoms with van der Waals surface area (Å²) in [6.45, 7) is 4.39. The number of nitrogens with one attached hydrogen (secondary N) is 2. The quantitative estimate of drug-likeness (QED) is 0.124. The zero-order valence-corrected chi connectivity index (χ0v) is 27.7. The van der Waals surface area contributed by atoms with Gasteiger partial charge in [0.2, 0.25) is 10.0 Å². The molecule has 0 unspecified atom stereocenters. The number of hydrogen-bond donors (Lipinski definition) is 4. The van der Waals surface area contributed by atoms with Gasteiger partial charge < -0.3 is 22.1 Å². The molecule has 1 saturated carbocycles. The van der Waals surface area contributed by atoms with Crippen LogP contribution < -0.4 is 27.8 Å². The van der Waals surface area contributed by atoms with Crippen LogP contribution in [0.15, 0.2) is 69.4 Å². The fraction of sp³-hybridized carbons (Fsp3) is 0.457. The van der Waals surface area contributed by atoms with Gasteiger partial charge in [0.15, 0.2) is 5.96 Å². The number of guanidine groups is 1. The lowest BCUT2D eigenvalue weighted by molar-refractivity contribution is 0.255. The van der Waals surface area contributed by atoms with Crippen LogP contribution in [0.25, 0.3) is 17.3 Å². The number of aliphatic imine (C=N–C) groups is 1. The van der Waals surface area contributed by atoms with E-state index in [9.17, 15) is 13.2 Å². The summed E-state index contributed by atoms with van der Waals surface area (Å²) in [7, 11) is -3.59. The molecule has 1 aliphatic heterocycles. The number of benzene rings is 2. The van der Waals surface area contributed by atoms with E-state index >= 15 is 0 Å². The Labute approximate surface area is 277 Å². The molecular weight excluding hydrogens is 613 g/mol. The Hall–Kier alpha value is -3.84. The lowest BCUT2D eigenvalue weighted by Crippen LogP contribution is -2.46. The molecule has 6 N–H and O–H groups in total. The number of nitrogens with two attached hydrogens (primary N) is 2. The highest BCUT2D eigenvalue weighted by Crippen LogP contribution is 2.35. The van der Waals surface area contributed by atoms with Gasteiger partial charge in [0.25, 0.3) is 0 Å². The normalized spacial score (nSPS) is 17.2. The number of hydrogen-bond acceptors (Lipinski definition) is 7. The third-order valence-corrected chi connectivity index (χ3v) is 11.2. The molecule has 12 heteroatoms. The first kappa shape index (κ1) is 33.1. The SMILES string of the molecule is NC(N)=NCCCNCc1ccc(-n2cc3c(nc2=O)CCCC(c2ccc(S(=O)(=O)N(CC4CC4)C4CCNCC4)cc2)=C3)cc1. The van der Waals surface area contributed by atoms with Crippen LogP contribution in [0.4, 0.5) is 0 Å². The van der Waals surface area contributed by atoms with Crippen LogP contribution in [0.1, 0.15) is 67.3 Å². The van der Waals surface area contributed by atoms with Crippen molar-refractivity contribution in [2.75, 3.05) is 32.7 Å². The molecule has 11 nitrogen and oxygen atoms in total. The van der Waals surface area contributed by atoms with Crippen molar-refractivity contribution < 1.29 is 8.42 Å². The summed E-state index contributed by atoms with van der Waals surface area (Å²) in [6.07, 6.45) is 11.1. The third kappa shape index (κ3) is 8.36. The predicted molar refractivity (Wildman–Crippen MR) is 187 cm³/mol. The lowest BCUT2D eigenvalue weighted by atomic mass is 10.0. The van der Waals surface area contributed by atoms with Gasteiger partial charge in [0.1, 0.15) is 0 Å². The summed E-state index contributed by atoms with van der Waals surface area (Å²) in [5.74, 6) is 0.588. The maximum Gasteiger partial charge on any atom is 0.352 e. The molecule has 0 bridgehead atoms. The van der Waals surface area contributed by atoms with Gasteiger partial charge in [-0.25, -0.2) is 13.2 Å². The average Bonchev–Trinajstić information content (AvgIpc) is 3.92. The van der Waals surface area contributed by atoms with Crippen LogP contribution in [0.2, 0.25) is 0 Å². The Bertz CT molecular complexity index is 1750. The van der Waals surface area contributed by atoms with E-state index in [1.54, 1.807) is 21.0 Å². The molecule has 1 aromatic heterocycles. The van der Waals surface area contributed by atoms with Crippen molar-refractivity contribution in [3.8, 4) is 5.69 Å². The first-order chi connectivity index (χ1) is 22.8. The fourth-order valence-electron chi connectivity index (χ4n) is 6.43. The molecular formula is C35H46N8O3S. The van der Waals surface area contributed by atoms with Gasteiger partial charge in [-0.1, -0.05) is 24.3 Å². The smallest absolute Gasteiger partial charge is 0.352 e. The molecule has 2 fully saturated rings. The van der Waals surface area contributed by atoms with Crippen LogP contribution in [-0.4, -0.2) is 67.0 Å². The lowest BCUT2D eigenvalue weighted by Gasteiger charge is -2.34. The molecule has 0 spiro atoms. The number of fused-ring (bicyclic) bond motifs is 1. The number of piperidine rings is 1. The molecule has 2 aromatic carbocycles. The Morgan fingerprint density at radius 1 is 1.02 bits per heavy atom. The molecule has 2 heterocycles. The molecule has 3 aliphatic rings. The van der Waals surface area contributed by atoms with Crippen LogP contribution in [0, 0.1) is 5.92 Å². The van der Waals surface area contributed by atoms with Crippen molar-refractivity contribution in [1.82, 2.24) is 24.5 Å². The van der Waals surface area contributed by atoms with Crippen LogP contribution in [-0.2, 0) is 23.0 Å². The highest BCUT2D eigenvalue weighted by Gasteiger charge is 2.36. The fourth-order valence-corrected chi connectivity index (χ4v) is 8.19. The van der Waals surface area contributed by atoms with E-state index in [4.69, 9.17) is 11.5 Å². The van der Waals surface area contributed by atoms with Gasteiger partial charge in [0, 0.05) is 37.4 Å². The van der Waals surface area contributed by atoms with Crippen molar-refractivity contribution in [2.24, 2.45) is 22.4 Å². The molecule has 2 aliphatic carbocycles. The zero-order chi connectivity index (χ0) is 32.8. The Morgan fingerprint density at radius 3 is 2.47 bits per heavy atom. The third-order valence-electron chi connectivity index (χ3n) is 9.26. The molecule has 0 radical (unpaired) electrons. The van der Waals surface area contributed by atoms with Crippen molar-refractivity contribution in [3.05, 3.63) is 87.6 Å². The van der Waals surface area contributed by atoms with Crippen molar-refractivity contribution in [2.45, 2.75) is 68.8 Å². The second kappa shape index (κ2) is 14.9. The molecule has 47 heavy (non-hydrogen) atoms. The number of nitrogens with zero attached hydrogens (tertiary/aromatic N) is 4.